The molecule has 1 aromatic rings. The lowest BCUT2D eigenvalue weighted by Crippen LogP contribution is -2.56. The summed E-state index contributed by atoms with van der Waals surface area (Å²) in [5.74, 6) is 0.927. The molecule has 0 N–H and O–H groups in total. The summed E-state index contributed by atoms with van der Waals surface area (Å²) in [6.45, 7) is 2.88. The molecular formula is C12H18N2O3S. The van der Waals surface area contributed by atoms with Gasteiger partial charge in [0.15, 0.2) is 0 Å². The fraction of sp³-hybridized carbons (Fsp3) is 0.583. The predicted molar refractivity (Wildman–Crippen MR) is 68.9 cm³/mol. The monoisotopic (exact) mass is 270 g/mol. The highest BCUT2D eigenvalue weighted by molar-refractivity contribution is 7.89. The molecule has 0 radical (unpaired) electrons. The third-order valence-corrected chi connectivity index (χ3v) is 4.79. The normalized spacial score (nSPS) is 17.4. The molecular weight excluding hydrogens is 252 g/mol. The molecule has 0 saturated carbocycles. The van der Waals surface area contributed by atoms with E-state index >= 15 is 0 Å². The summed E-state index contributed by atoms with van der Waals surface area (Å²) in [7, 11) is -3.07. The molecule has 1 fully saturated rings. The van der Waals surface area contributed by atoms with Gasteiger partial charge < -0.3 is 4.74 Å². The number of pyridine rings is 1. The van der Waals surface area contributed by atoms with Gasteiger partial charge in [-0.25, -0.2) is 8.42 Å². The van der Waals surface area contributed by atoms with Gasteiger partial charge in [-0.1, -0.05) is 13.3 Å². The molecule has 1 aliphatic heterocycles. The summed E-state index contributed by atoms with van der Waals surface area (Å²) in [6, 6.07) is 3.62. The van der Waals surface area contributed by atoms with Crippen LogP contribution in [0.25, 0.3) is 0 Å². The first-order valence-corrected chi connectivity index (χ1v) is 7.77. The minimum absolute atomic E-state index is 0.0504. The first-order valence-electron chi connectivity index (χ1n) is 6.16. The number of ether oxygens (including phenoxy) is 1. The average molecular weight is 270 g/mol. The maximum absolute atomic E-state index is 11.8. The van der Waals surface area contributed by atoms with E-state index in [9.17, 15) is 8.42 Å². The number of nitrogens with zero attached hydrogens (tertiary/aromatic N) is 2. The van der Waals surface area contributed by atoms with Crippen molar-refractivity contribution in [3.8, 4) is 5.75 Å². The van der Waals surface area contributed by atoms with E-state index in [1.54, 1.807) is 18.5 Å². The molecule has 100 valence electrons. The van der Waals surface area contributed by atoms with Crippen LogP contribution in [0.15, 0.2) is 24.5 Å². The third-order valence-electron chi connectivity index (χ3n) is 2.90. The molecule has 1 aliphatic rings. The van der Waals surface area contributed by atoms with Crippen molar-refractivity contribution in [2.75, 3.05) is 18.8 Å². The smallest absolute Gasteiger partial charge is 0.214 e. The molecule has 0 aromatic carbocycles. The van der Waals surface area contributed by atoms with Crippen molar-refractivity contribution in [3.63, 3.8) is 0 Å². The maximum Gasteiger partial charge on any atom is 0.214 e. The second-order valence-electron chi connectivity index (χ2n) is 4.42. The summed E-state index contributed by atoms with van der Waals surface area (Å²) in [5, 5.41) is 0. The van der Waals surface area contributed by atoms with Crippen LogP contribution in [0.1, 0.15) is 19.8 Å². The summed E-state index contributed by atoms with van der Waals surface area (Å²) in [5.41, 5.74) is 0. The number of rotatable bonds is 6. The second-order valence-corrected chi connectivity index (χ2v) is 6.50. The Hall–Kier alpha value is -1.14. The number of hydrogen-bond acceptors (Lipinski definition) is 4. The van der Waals surface area contributed by atoms with Crippen molar-refractivity contribution in [3.05, 3.63) is 24.5 Å². The molecule has 6 heteroatoms. The number of aromatic nitrogens is 1. The van der Waals surface area contributed by atoms with Crippen LogP contribution in [0.3, 0.4) is 0 Å². The van der Waals surface area contributed by atoms with Gasteiger partial charge in [-0.15, -0.1) is 0 Å². The molecule has 0 spiro atoms. The minimum atomic E-state index is -3.07. The zero-order valence-electron chi connectivity index (χ0n) is 10.4. The summed E-state index contributed by atoms with van der Waals surface area (Å²) in [6.07, 6.45) is 4.87. The highest BCUT2D eigenvalue weighted by atomic mass is 32.2. The lowest BCUT2D eigenvalue weighted by molar-refractivity contribution is 0.0759. The minimum Gasteiger partial charge on any atom is -0.486 e. The van der Waals surface area contributed by atoms with E-state index in [0.29, 0.717) is 25.3 Å². The van der Waals surface area contributed by atoms with Crippen LogP contribution >= 0.6 is 0 Å². The fourth-order valence-corrected chi connectivity index (χ4v) is 3.47. The van der Waals surface area contributed by atoms with E-state index in [1.165, 1.54) is 4.31 Å². The van der Waals surface area contributed by atoms with Crippen molar-refractivity contribution >= 4 is 10.0 Å². The Labute approximate surface area is 108 Å². The van der Waals surface area contributed by atoms with Crippen LogP contribution in [-0.4, -0.2) is 42.7 Å². The maximum atomic E-state index is 11.8. The van der Waals surface area contributed by atoms with Gasteiger partial charge in [0.2, 0.25) is 10.0 Å². The van der Waals surface area contributed by atoms with E-state index in [4.69, 9.17) is 4.74 Å². The van der Waals surface area contributed by atoms with Gasteiger partial charge in [-0.05, 0) is 18.6 Å². The first kappa shape index (κ1) is 13.3. The lowest BCUT2D eigenvalue weighted by atomic mass is 10.2. The van der Waals surface area contributed by atoms with Crippen LogP contribution < -0.4 is 4.74 Å². The SMILES string of the molecule is CCCCS(=O)(=O)N1CC(Oc2cccnc2)C1. The molecule has 5 nitrogen and oxygen atoms in total. The average Bonchev–Trinajstić information content (AvgIpc) is 2.32. The standard InChI is InChI=1S/C12H18N2O3S/c1-2-3-7-18(15,16)14-9-12(10-14)17-11-5-4-6-13-8-11/h4-6,8,12H,2-3,7,9-10H2,1H3. The molecule has 1 saturated heterocycles. The van der Waals surface area contributed by atoms with E-state index in [1.807, 2.05) is 13.0 Å². The van der Waals surface area contributed by atoms with Crippen molar-refractivity contribution in [1.82, 2.24) is 9.29 Å². The second kappa shape index (κ2) is 5.67. The number of sulfonamides is 1. The third kappa shape index (κ3) is 3.20. The summed E-state index contributed by atoms with van der Waals surface area (Å²) >= 11 is 0. The topological polar surface area (TPSA) is 59.5 Å². The Morgan fingerprint density at radius 1 is 1.50 bits per heavy atom. The van der Waals surface area contributed by atoms with Crippen LogP contribution in [0.5, 0.6) is 5.75 Å². The van der Waals surface area contributed by atoms with E-state index in [-0.39, 0.29) is 11.9 Å². The Bertz CT molecular complexity index is 469. The van der Waals surface area contributed by atoms with Crippen molar-refractivity contribution < 1.29 is 13.2 Å². The predicted octanol–water partition coefficient (Wildman–Crippen LogP) is 1.27. The quantitative estimate of drug-likeness (QED) is 0.781. The van der Waals surface area contributed by atoms with E-state index in [0.717, 1.165) is 6.42 Å². The molecule has 2 rings (SSSR count). The number of hydrogen-bond donors (Lipinski definition) is 0. The molecule has 0 bridgehead atoms. The van der Waals surface area contributed by atoms with Crippen LogP contribution in [0, 0.1) is 0 Å². The Balaban J connectivity index is 1.80. The lowest BCUT2D eigenvalue weighted by Gasteiger charge is -2.37. The zero-order valence-corrected chi connectivity index (χ0v) is 11.3. The van der Waals surface area contributed by atoms with Gasteiger partial charge in [-0.2, -0.15) is 4.31 Å². The van der Waals surface area contributed by atoms with Gasteiger partial charge in [0, 0.05) is 6.20 Å². The highest BCUT2D eigenvalue weighted by Crippen LogP contribution is 2.20. The van der Waals surface area contributed by atoms with Gasteiger partial charge >= 0.3 is 0 Å². The van der Waals surface area contributed by atoms with E-state index in [2.05, 4.69) is 4.98 Å². The highest BCUT2D eigenvalue weighted by Gasteiger charge is 2.36. The van der Waals surface area contributed by atoms with E-state index < -0.39 is 10.0 Å². The summed E-state index contributed by atoms with van der Waals surface area (Å²) < 4.78 is 30.8. The fourth-order valence-electron chi connectivity index (χ4n) is 1.77. The molecule has 0 unspecified atom stereocenters. The van der Waals surface area contributed by atoms with Gasteiger partial charge in [-0.3, -0.25) is 4.98 Å². The molecule has 2 heterocycles. The van der Waals surface area contributed by atoms with Crippen molar-refractivity contribution in [2.45, 2.75) is 25.9 Å². The molecule has 0 atom stereocenters. The Kier molecular flexibility index (Phi) is 4.19. The van der Waals surface area contributed by atoms with Crippen molar-refractivity contribution in [1.29, 1.82) is 0 Å². The van der Waals surface area contributed by atoms with Gasteiger partial charge in [0.05, 0.1) is 25.0 Å². The van der Waals surface area contributed by atoms with Crippen LogP contribution in [0.4, 0.5) is 0 Å². The summed E-state index contributed by atoms with van der Waals surface area (Å²) in [4.78, 5) is 3.95. The van der Waals surface area contributed by atoms with Gasteiger partial charge in [0.25, 0.3) is 0 Å². The van der Waals surface area contributed by atoms with Crippen molar-refractivity contribution in [2.24, 2.45) is 0 Å². The van der Waals surface area contributed by atoms with Gasteiger partial charge in [0.1, 0.15) is 11.9 Å². The molecule has 18 heavy (non-hydrogen) atoms. The largest absolute Gasteiger partial charge is 0.486 e. The molecule has 1 aromatic heterocycles. The Morgan fingerprint density at radius 3 is 2.89 bits per heavy atom. The Morgan fingerprint density at radius 2 is 2.28 bits per heavy atom. The number of unbranched alkanes of at least 4 members (excludes halogenated alkanes) is 1. The molecule has 0 amide bonds. The first-order chi connectivity index (χ1) is 8.62. The molecule has 0 aliphatic carbocycles. The van der Waals surface area contributed by atoms with Crippen LogP contribution in [0.2, 0.25) is 0 Å². The van der Waals surface area contributed by atoms with Crippen LogP contribution in [-0.2, 0) is 10.0 Å². The zero-order chi connectivity index (χ0) is 13.0.